The van der Waals surface area contributed by atoms with Gasteiger partial charge in [0.05, 0.1) is 0 Å². The molecule has 1 rings (SSSR count). The van der Waals surface area contributed by atoms with Crippen molar-refractivity contribution in [3.05, 3.63) is 42.0 Å². The van der Waals surface area contributed by atoms with Gasteiger partial charge >= 0.3 is 11.9 Å². The van der Waals surface area contributed by atoms with Crippen LogP contribution in [-0.4, -0.2) is 22.2 Å². The van der Waals surface area contributed by atoms with Crippen LogP contribution in [-0.2, 0) is 9.59 Å². The molecule has 0 aliphatic heterocycles. The van der Waals surface area contributed by atoms with Gasteiger partial charge in [0.2, 0.25) is 0 Å². The largest absolute Gasteiger partial charge is 0.481 e. The van der Waals surface area contributed by atoms with Crippen molar-refractivity contribution >= 4 is 18.0 Å². The highest BCUT2D eigenvalue weighted by Crippen LogP contribution is 2.12. The van der Waals surface area contributed by atoms with Crippen LogP contribution in [0.1, 0.15) is 102 Å². The lowest BCUT2D eigenvalue weighted by Crippen LogP contribution is -1.93. The molecular weight excluding hydrogens is 364 g/mol. The van der Waals surface area contributed by atoms with Crippen molar-refractivity contribution in [2.45, 2.75) is 96.8 Å². The van der Waals surface area contributed by atoms with Crippen LogP contribution in [0.25, 0.3) is 6.08 Å². The highest BCUT2D eigenvalue weighted by Gasteiger charge is 1.96. The number of carboxylic acids is 2. The van der Waals surface area contributed by atoms with E-state index in [0.29, 0.717) is 6.42 Å². The standard InChI is InChI=1S/C16H32O2.C9H8O2/c1-2-3-4-5-6-7-8-9-10-11-12-13-14-15-16(17)18;10-9(11)7-6-8-4-2-1-3-5-8/h2-15H2,1H3,(H,17,18);1-7H,(H,10,11). The summed E-state index contributed by atoms with van der Waals surface area (Å²) in [7, 11) is 0. The molecule has 29 heavy (non-hydrogen) atoms. The summed E-state index contributed by atoms with van der Waals surface area (Å²) in [5.41, 5.74) is 0.898. The zero-order chi connectivity index (χ0) is 21.6. The van der Waals surface area contributed by atoms with Gasteiger partial charge in [0, 0.05) is 12.5 Å². The number of rotatable bonds is 16. The van der Waals surface area contributed by atoms with Crippen LogP contribution in [0.4, 0.5) is 0 Å². The lowest BCUT2D eigenvalue weighted by molar-refractivity contribution is -0.137. The summed E-state index contributed by atoms with van der Waals surface area (Å²) in [6.07, 6.45) is 19.9. The summed E-state index contributed by atoms with van der Waals surface area (Å²) >= 11 is 0. The summed E-state index contributed by atoms with van der Waals surface area (Å²) in [5.74, 6) is -1.58. The number of aliphatic carboxylic acids is 2. The van der Waals surface area contributed by atoms with Crippen molar-refractivity contribution in [2.24, 2.45) is 0 Å². The highest BCUT2D eigenvalue weighted by molar-refractivity contribution is 5.85. The maximum atomic E-state index is 10.3. The molecule has 0 heterocycles. The fraction of sp³-hybridized carbons (Fsp3) is 0.600. The van der Waals surface area contributed by atoms with Crippen LogP contribution in [0.2, 0.25) is 0 Å². The third-order valence-corrected chi connectivity index (χ3v) is 4.71. The fourth-order valence-electron chi connectivity index (χ4n) is 3.03. The second kappa shape index (κ2) is 20.6. The number of hydrogen-bond donors (Lipinski definition) is 2. The van der Waals surface area contributed by atoms with Gasteiger partial charge in [-0.3, -0.25) is 4.79 Å². The Hall–Kier alpha value is -2.10. The Balaban J connectivity index is 0.000000604. The molecule has 0 aliphatic rings. The second-order valence-corrected chi connectivity index (χ2v) is 7.47. The molecule has 164 valence electrons. The van der Waals surface area contributed by atoms with Gasteiger partial charge in [0.1, 0.15) is 0 Å². The maximum absolute atomic E-state index is 10.3. The van der Waals surface area contributed by atoms with Crippen molar-refractivity contribution in [3.63, 3.8) is 0 Å². The molecule has 4 heteroatoms. The van der Waals surface area contributed by atoms with Gasteiger partial charge in [-0.1, -0.05) is 114 Å². The van der Waals surface area contributed by atoms with Gasteiger partial charge in [-0.25, -0.2) is 4.79 Å². The SMILES string of the molecule is CCCCCCCCCCCCCCCC(=O)O.O=C(O)C=Cc1ccccc1. The normalized spacial score (nSPS) is 10.5. The third kappa shape index (κ3) is 22.1. The molecule has 0 saturated carbocycles. The predicted molar refractivity (Wildman–Crippen MR) is 121 cm³/mol. The van der Waals surface area contributed by atoms with Crippen molar-refractivity contribution in [2.75, 3.05) is 0 Å². The highest BCUT2D eigenvalue weighted by atomic mass is 16.4. The average Bonchev–Trinajstić information content (AvgIpc) is 2.71. The topological polar surface area (TPSA) is 74.6 Å². The number of carbonyl (C=O) groups is 2. The van der Waals surface area contributed by atoms with Gasteiger partial charge in [-0.2, -0.15) is 0 Å². The van der Waals surface area contributed by atoms with E-state index in [1.807, 2.05) is 30.3 Å². The Morgan fingerprint density at radius 1 is 0.724 bits per heavy atom. The molecule has 2 N–H and O–H groups in total. The first-order chi connectivity index (χ1) is 14.1. The summed E-state index contributed by atoms with van der Waals surface area (Å²) < 4.78 is 0. The smallest absolute Gasteiger partial charge is 0.328 e. The van der Waals surface area contributed by atoms with Crippen LogP contribution in [0.15, 0.2) is 36.4 Å². The van der Waals surface area contributed by atoms with E-state index in [-0.39, 0.29) is 0 Å². The molecule has 1 aromatic rings. The van der Waals surface area contributed by atoms with Crippen LogP contribution >= 0.6 is 0 Å². The van der Waals surface area contributed by atoms with Crippen molar-refractivity contribution in [3.8, 4) is 0 Å². The van der Waals surface area contributed by atoms with Crippen LogP contribution < -0.4 is 0 Å². The molecule has 0 radical (unpaired) electrons. The van der Waals surface area contributed by atoms with Crippen LogP contribution in [0, 0.1) is 0 Å². The first-order valence-corrected chi connectivity index (χ1v) is 11.2. The Kier molecular flexibility index (Phi) is 19.1. The molecule has 0 unspecified atom stereocenters. The number of hydrogen-bond acceptors (Lipinski definition) is 2. The third-order valence-electron chi connectivity index (χ3n) is 4.71. The van der Waals surface area contributed by atoms with Crippen LogP contribution in [0.5, 0.6) is 0 Å². The fourth-order valence-corrected chi connectivity index (χ4v) is 3.03. The minimum absolute atomic E-state index is 0.345. The zero-order valence-electron chi connectivity index (χ0n) is 18.2. The Morgan fingerprint density at radius 3 is 1.59 bits per heavy atom. The van der Waals surface area contributed by atoms with E-state index >= 15 is 0 Å². The molecule has 1 aromatic carbocycles. The zero-order valence-corrected chi connectivity index (χ0v) is 18.2. The number of unbranched alkanes of at least 4 members (excludes halogenated alkanes) is 12. The molecular formula is C25H40O4. The van der Waals surface area contributed by atoms with E-state index in [9.17, 15) is 9.59 Å². The first-order valence-electron chi connectivity index (χ1n) is 11.2. The second-order valence-electron chi connectivity index (χ2n) is 7.47. The molecule has 0 amide bonds. The van der Waals surface area contributed by atoms with Crippen molar-refractivity contribution < 1.29 is 19.8 Å². The molecule has 0 bridgehead atoms. The molecule has 0 saturated heterocycles. The summed E-state index contributed by atoms with van der Waals surface area (Å²) in [4.78, 5) is 20.4. The van der Waals surface area contributed by atoms with Crippen molar-refractivity contribution in [1.29, 1.82) is 0 Å². The van der Waals surface area contributed by atoms with Gasteiger partial charge in [-0.05, 0) is 18.1 Å². The van der Waals surface area contributed by atoms with Crippen LogP contribution in [0.3, 0.4) is 0 Å². The molecule has 4 nitrogen and oxygen atoms in total. The molecule has 0 atom stereocenters. The van der Waals surface area contributed by atoms with E-state index in [4.69, 9.17) is 10.2 Å². The number of carboxylic acid groups (broad SMARTS) is 2. The summed E-state index contributed by atoms with van der Waals surface area (Å²) in [5, 5.41) is 16.8. The minimum atomic E-state index is -0.922. The minimum Gasteiger partial charge on any atom is -0.481 e. The molecule has 0 aromatic heterocycles. The van der Waals surface area contributed by atoms with E-state index in [2.05, 4.69) is 6.92 Å². The lowest BCUT2D eigenvalue weighted by Gasteiger charge is -2.02. The van der Waals surface area contributed by atoms with E-state index in [1.54, 1.807) is 6.08 Å². The Morgan fingerprint density at radius 2 is 1.17 bits per heavy atom. The molecule has 0 fully saturated rings. The summed E-state index contributed by atoms with van der Waals surface area (Å²) in [6, 6.07) is 9.31. The molecule has 0 spiro atoms. The van der Waals surface area contributed by atoms with E-state index in [0.717, 1.165) is 24.5 Å². The monoisotopic (exact) mass is 404 g/mol. The lowest BCUT2D eigenvalue weighted by atomic mass is 10.0. The maximum Gasteiger partial charge on any atom is 0.328 e. The quantitative estimate of drug-likeness (QED) is 0.223. The Bertz CT molecular complexity index is 537. The number of benzene rings is 1. The summed E-state index contributed by atoms with van der Waals surface area (Å²) in [6.45, 7) is 2.26. The average molecular weight is 405 g/mol. The van der Waals surface area contributed by atoms with E-state index in [1.165, 1.54) is 70.6 Å². The van der Waals surface area contributed by atoms with Gasteiger partial charge in [-0.15, -0.1) is 0 Å². The molecule has 0 aliphatic carbocycles. The van der Waals surface area contributed by atoms with Gasteiger partial charge < -0.3 is 10.2 Å². The van der Waals surface area contributed by atoms with Gasteiger partial charge in [0.15, 0.2) is 0 Å². The van der Waals surface area contributed by atoms with E-state index < -0.39 is 11.9 Å². The predicted octanol–water partition coefficient (Wildman–Crippen LogP) is 7.34. The van der Waals surface area contributed by atoms with Crippen molar-refractivity contribution in [1.82, 2.24) is 0 Å². The Labute approximate surface area is 177 Å². The van der Waals surface area contributed by atoms with Gasteiger partial charge in [0.25, 0.3) is 0 Å². The first kappa shape index (κ1) is 26.9.